The topological polar surface area (TPSA) is 38.8 Å². The maximum Gasteiger partial charge on any atom is 0.256 e. The predicted molar refractivity (Wildman–Crippen MR) is 72.3 cm³/mol. The van der Waals surface area contributed by atoms with Crippen molar-refractivity contribution in [1.29, 1.82) is 0 Å². The van der Waals surface area contributed by atoms with Gasteiger partial charge in [-0.1, -0.05) is 18.2 Å². The molecule has 0 spiro atoms. The Labute approximate surface area is 111 Å². The molecule has 1 amide bonds. The lowest BCUT2D eigenvalue weighted by molar-refractivity contribution is -0.0121. The second-order valence-corrected chi connectivity index (χ2v) is 4.59. The van der Waals surface area contributed by atoms with Crippen LogP contribution in [0.2, 0.25) is 0 Å². The molecule has 98 valence electrons. The van der Waals surface area contributed by atoms with E-state index in [2.05, 4.69) is 0 Å². The highest BCUT2D eigenvalue weighted by Crippen LogP contribution is 2.39. The Morgan fingerprint density at radius 2 is 1.95 bits per heavy atom. The summed E-state index contributed by atoms with van der Waals surface area (Å²) in [6, 6.07) is 9.56. The first kappa shape index (κ1) is 12.0. The van der Waals surface area contributed by atoms with Gasteiger partial charge in [0.2, 0.25) is 0 Å². The summed E-state index contributed by atoms with van der Waals surface area (Å²) in [6.45, 7) is 0. The minimum atomic E-state index is -0.351. The van der Waals surface area contributed by atoms with Crippen LogP contribution in [-0.4, -0.2) is 32.1 Å². The van der Waals surface area contributed by atoms with E-state index >= 15 is 0 Å². The lowest BCUT2D eigenvalue weighted by Crippen LogP contribution is -2.35. The molecule has 0 saturated heterocycles. The van der Waals surface area contributed by atoms with Gasteiger partial charge in [0.1, 0.15) is 5.75 Å². The first-order valence-corrected chi connectivity index (χ1v) is 6.08. The molecule has 1 atom stereocenters. The smallest absolute Gasteiger partial charge is 0.256 e. The van der Waals surface area contributed by atoms with Crippen LogP contribution >= 0.6 is 0 Å². The monoisotopic (exact) mass is 257 g/mol. The molecule has 1 aliphatic rings. The molecule has 0 aliphatic carbocycles. The summed E-state index contributed by atoms with van der Waals surface area (Å²) in [5, 5.41) is 1.87. The molecule has 4 nitrogen and oxygen atoms in total. The van der Waals surface area contributed by atoms with E-state index in [0.29, 0.717) is 5.56 Å². The average Bonchev–Trinajstić information content (AvgIpc) is 2.45. The number of nitrogens with zero attached hydrogens (tertiary/aromatic N) is 1. The van der Waals surface area contributed by atoms with E-state index in [1.807, 2.05) is 30.3 Å². The van der Waals surface area contributed by atoms with Gasteiger partial charge in [-0.2, -0.15) is 0 Å². The summed E-state index contributed by atoms with van der Waals surface area (Å²) in [7, 11) is 5.00. The molecule has 2 aromatic rings. The Kier molecular flexibility index (Phi) is 2.68. The number of hydrogen-bond acceptors (Lipinski definition) is 3. The van der Waals surface area contributed by atoms with E-state index in [1.54, 1.807) is 26.2 Å². The van der Waals surface area contributed by atoms with Gasteiger partial charge >= 0.3 is 0 Å². The van der Waals surface area contributed by atoms with Crippen molar-refractivity contribution in [1.82, 2.24) is 4.90 Å². The molecule has 0 bridgehead atoms. The SMILES string of the molecule is COc1ccc2c3c(cccc13)C(OC)N(C)C2=O. The Balaban J connectivity index is 2.42. The lowest BCUT2D eigenvalue weighted by atomic mass is 9.93. The van der Waals surface area contributed by atoms with Gasteiger partial charge in [0, 0.05) is 36.1 Å². The molecule has 1 aliphatic heterocycles. The van der Waals surface area contributed by atoms with Gasteiger partial charge in [-0.05, 0) is 12.1 Å². The number of carbonyl (C=O) groups is 1. The highest BCUT2D eigenvalue weighted by Gasteiger charge is 2.32. The fraction of sp³-hybridized carbons (Fsp3) is 0.267. The van der Waals surface area contributed by atoms with Gasteiger partial charge in [0.15, 0.2) is 6.23 Å². The van der Waals surface area contributed by atoms with Crippen LogP contribution in [0.4, 0.5) is 0 Å². The average molecular weight is 257 g/mol. The van der Waals surface area contributed by atoms with Gasteiger partial charge in [-0.3, -0.25) is 4.79 Å². The van der Waals surface area contributed by atoms with Crippen LogP contribution in [-0.2, 0) is 4.74 Å². The minimum absolute atomic E-state index is 0.0294. The standard InChI is InChI=1S/C15H15NO3/c1-16-14(17)10-7-8-12(18-2)9-5-4-6-11(13(9)10)15(16)19-3/h4-8,15H,1-3H3. The van der Waals surface area contributed by atoms with E-state index in [-0.39, 0.29) is 12.1 Å². The van der Waals surface area contributed by atoms with E-state index in [0.717, 1.165) is 22.1 Å². The van der Waals surface area contributed by atoms with Crippen LogP contribution in [0.5, 0.6) is 5.75 Å². The highest BCUT2D eigenvalue weighted by atomic mass is 16.5. The summed E-state index contributed by atoms with van der Waals surface area (Å²) in [4.78, 5) is 14.0. The molecular formula is C15H15NO3. The van der Waals surface area contributed by atoms with Crippen molar-refractivity contribution in [3.63, 3.8) is 0 Å². The number of ether oxygens (including phenoxy) is 2. The maximum atomic E-state index is 12.4. The number of hydrogen-bond donors (Lipinski definition) is 0. The third-order valence-electron chi connectivity index (χ3n) is 3.64. The molecule has 2 aromatic carbocycles. The predicted octanol–water partition coefficient (Wildman–Crippen LogP) is 2.58. The summed E-state index contributed by atoms with van der Waals surface area (Å²) >= 11 is 0. The summed E-state index contributed by atoms with van der Waals surface area (Å²) in [5.74, 6) is 0.742. The first-order chi connectivity index (χ1) is 9.19. The summed E-state index contributed by atoms with van der Waals surface area (Å²) in [6.07, 6.45) is -0.351. The summed E-state index contributed by atoms with van der Waals surface area (Å²) < 4.78 is 10.8. The quantitative estimate of drug-likeness (QED) is 0.830. The molecular weight excluding hydrogens is 242 g/mol. The number of carbonyl (C=O) groups excluding carboxylic acids is 1. The van der Waals surface area contributed by atoms with Gasteiger partial charge in [0.25, 0.3) is 5.91 Å². The van der Waals surface area contributed by atoms with Crippen LogP contribution < -0.4 is 4.74 Å². The zero-order valence-corrected chi connectivity index (χ0v) is 11.1. The zero-order chi connectivity index (χ0) is 13.6. The molecule has 0 saturated carbocycles. The molecule has 0 radical (unpaired) electrons. The largest absolute Gasteiger partial charge is 0.496 e. The van der Waals surface area contributed by atoms with Crippen molar-refractivity contribution >= 4 is 16.7 Å². The zero-order valence-electron chi connectivity index (χ0n) is 11.1. The van der Waals surface area contributed by atoms with Crippen LogP contribution in [0.15, 0.2) is 30.3 Å². The van der Waals surface area contributed by atoms with E-state index in [9.17, 15) is 4.79 Å². The van der Waals surface area contributed by atoms with E-state index < -0.39 is 0 Å². The number of amides is 1. The van der Waals surface area contributed by atoms with Crippen molar-refractivity contribution in [3.8, 4) is 5.75 Å². The third-order valence-corrected chi connectivity index (χ3v) is 3.64. The van der Waals surface area contributed by atoms with Crippen molar-refractivity contribution in [2.75, 3.05) is 21.3 Å². The molecule has 0 fully saturated rings. The van der Waals surface area contributed by atoms with Gasteiger partial charge < -0.3 is 14.4 Å². The molecule has 4 heteroatoms. The Morgan fingerprint density at radius 1 is 1.16 bits per heavy atom. The van der Waals surface area contributed by atoms with E-state index in [1.165, 1.54) is 0 Å². The van der Waals surface area contributed by atoms with Gasteiger partial charge in [-0.25, -0.2) is 0 Å². The normalized spacial score (nSPS) is 17.9. The van der Waals surface area contributed by atoms with Gasteiger partial charge in [0.05, 0.1) is 7.11 Å². The van der Waals surface area contributed by atoms with Crippen molar-refractivity contribution in [2.45, 2.75) is 6.23 Å². The van der Waals surface area contributed by atoms with Crippen LogP contribution in [0, 0.1) is 0 Å². The summed E-state index contributed by atoms with van der Waals surface area (Å²) in [5.41, 5.74) is 1.69. The fourth-order valence-corrected chi connectivity index (χ4v) is 2.76. The highest BCUT2D eigenvalue weighted by molar-refractivity contribution is 6.11. The maximum absolute atomic E-state index is 12.4. The fourth-order valence-electron chi connectivity index (χ4n) is 2.76. The Morgan fingerprint density at radius 3 is 2.63 bits per heavy atom. The lowest BCUT2D eigenvalue weighted by Gasteiger charge is -2.33. The van der Waals surface area contributed by atoms with E-state index in [4.69, 9.17) is 9.47 Å². The molecule has 0 aromatic heterocycles. The third kappa shape index (κ3) is 1.53. The molecule has 19 heavy (non-hydrogen) atoms. The van der Waals surface area contributed by atoms with Crippen LogP contribution in [0.1, 0.15) is 22.1 Å². The van der Waals surface area contributed by atoms with Crippen molar-refractivity contribution in [3.05, 3.63) is 41.5 Å². The number of benzene rings is 2. The molecule has 1 heterocycles. The molecule has 3 rings (SSSR count). The Hall–Kier alpha value is -2.07. The van der Waals surface area contributed by atoms with Gasteiger partial charge in [-0.15, -0.1) is 0 Å². The minimum Gasteiger partial charge on any atom is -0.496 e. The first-order valence-electron chi connectivity index (χ1n) is 6.08. The number of rotatable bonds is 2. The van der Waals surface area contributed by atoms with Crippen LogP contribution in [0.3, 0.4) is 0 Å². The molecule has 0 N–H and O–H groups in total. The molecule has 1 unspecified atom stereocenters. The number of methoxy groups -OCH3 is 2. The Bertz CT molecular complexity index is 666. The second kappa shape index (κ2) is 4.24. The van der Waals surface area contributed by atoms with Crippen molar-refractivity contribution in [2.24, 2.45) is 0 Å². The van der Waals surface area contributed by atoms with Crippen LogP contribution in [0.25, 0.3) is 10.8 Å². The second-order valence-electron chi connectivity index (χ2n) is 4.59. The van der Waals surface area contributed by atoms with Crippen molar-refractivity contribution < 1.29 is 14.3 Å².